The van der Waals surface area contributed by atoms with E-state index in [2.05, 4.69) is 15.6 Å². The molecule has 4 amide bonds. The van der Waals surface area contributed by atoms with Crippen molar-refractivity contribution in [1.29, 1.82) is 0 Å². The Morgan fingerprint density at radius 1 is 1.21 bits per heavy atom. The van der Waals surface area contributed by atoms with E-state index >= 15 is 0 Å². The lowest BCUT2D eigenvalue weighted by Gasteiger charge is -2.13. The number of carbonyl (C=O) groups is 4. The van der Waals surface area contributed by atoms with Gasteiger partial charge in [0.2, 0.25) is 5.91 Å². The smallest absolute Gasteiger partial charge is 0.338 e. The van der Waals surface area contributed by atoms with E-state index in [-0.39, 0.29) is 30.5 Å². The first-order valence-corrected chi connectivity index (χ1v) is 11.2. The van der Waals surface area contributed by atoms with Crippen molar-refractivity contribution in [2.45, 2.75) is 19.4 Å². The first-order chi connectivity index (χ1) is 15.9. The van der Waals surface area contributed by atoms with Gasteiger partial charge in [0.1, 0.15) is 0 Å². The zero-order valence-corrected chi connectivity index (χ0v) is 18.7. The van der Waals surface area contributed by atoms with E-state index in [1.165, 1.54) is 6.07 Å². The van der Waals surface area contributed by atoms with Gasteiger partial charge in [0.15, 0.2) is 6.61 Å². The number of carbonyl (C=O) groups excluding carboxylic acids is 4. The van der Waals surface area contributed by atoms with Gasteiger partial charge in [-0.2, -0.15) is 0 Å². The first kappa shape index (κ1) is 22.4. The molecule has 0 radical (unpaired) electrons. The highest BCUT2D eigenvalue weighted by Gasteiger charge is 2.28. The minimum Gasteiger partial charge on any atom is -0.452 e. The molecule has 1 aliphatic heterocycles. The molecule has 0 spiro atoms. The van der Waals surface area contributed by atoms with Crippen LogP contribution in [-0.2, 0) is 20.9 Å². The fourth-order valence-corrected chi connectivity index (χ4v) is 4.33. The van der Waals surface area contributed by atoms with Gasteiger partial charge in [-0.05, 0) is 29.8 Å². The molecule has 2 aromatic carbocycles. The van der Waals surface area contributed by atoms with Crippen LogP contribution in [0.25, 0.3) is 10.2 Å². The fourth-order valence-electron chi connectivity index (χ4n) is 3.32. The predicted molar refractivity (Wildman–Crippen MR) is 122 cm³/mol. The van der Waals surface area contributed by atoms with Crippen LogP contribution in [0.3, 0.4) is 0 Å². The summed E-state index contributed by atoms with van der Waals surface area (Å²) in [7, 11) is 0. The highest BCUT2D eigenvalue weighted by atomic mass is 32.1. The number of rotatable bonds is 8. The molecule has 2 N–H and O–H groups in total. The number of thiazole rings is 1. The topological polar surface area (TPSA) is 118 Å². The summed E-state index contributed by atoms with van der Waals surface area (Å²) in [6.45, 7) is 1.95. The molecule has 33 heavy (non-hydrogen) atoms. The molecule has 10 heteroatoms. The van der Waals surface area contributed by atoms with Crippen molar-refractivity contribution in [3.63, 3.8) is 0 Å². The molecule has 1 atom stereocenters. The Morgan fingerprint density at radius 2 is 2.03 bits per heavy atom. The van der Waals surface area contributed by atoms with Crippen molar-refractivity contribution >= 4 is 45.4 Å². The quantitative estimate of drug-likeness (QED) is 0.389. The highest BCUT2D eigenvalue weighted by molar-refractivity contribution is 7.18. The lowest BCUT2D eigenvalue weighted by atomic mass is 10.1. The van der Waals surface area contributed by atoms with E-state index in [9.17, 15) is 19.2 Å². The normalized spacial score (nSPS) is 14.3. The van der Waals surface area contributed by atoms with Gasteiger partial charge in [-0.1, -0.05) is 31.2 Å². The van der Waals surface area contributed by atoms with Crippen molar-refractivity contribution in [1.82, 2.24) is 20.5 Å². The Morgan fingerprint density at radius 3 is 2.79 bits per heavy atom. The average molecular weight is 467 g/mol. The summed E-state index contributed by atoms with van der Waals surface area (Å²) in [6.07, 6.45) is 0. The number of imide groups is 1. The summed E-state index contributed by atoms with van der Waals surface area (Å²) in [6, 6.07) is 13.8. The van der Waals surface area contributed by atoms with E-state index < -0.39 is 24.5 Å². The predicted octanol–water partition coefficient (Wildman–Crippen LogP) is 2.42. The van der Waals surface area contributed by atoms with E-state index in [0.29, 0.717) is 12.1 Å². The molecule has 4 rings (SSSR count). The number of urea groups is 1. The number of fused-ring (bicyclic) bond motifs is 1. The largest absolute Gasteiger partial charge is 0.452 e. The Kier molecular flexibility index (Phi) is 6.64. The summed E-state index contributed by atoms with van der Waals surface area (Å²) >= 11 is 1.59. The van der Waals surface area contributed by atoms with E-state index in [1.54, 1.807) is 29.5 Å². The number of esters is 1. The first-order valence-electron chi connectivity index (χ1n) is 10.4. The second-order valence-electron chi connectivity index (χ2n) is 7.64. The number of hydrogen-bond donors (Lipinski definition) is 2. The maximum Gasteiger partial charge on any atom is 0.338 e. The number of nitrogens with one attached hydrogen (secondary N) is 2. The number of ether oxygens (including phenoxy) is 1. The van der Waals surface area contributed by atoms with Crippen LogP contribution < -0.4 is 10.6 Å². The molecule has 170 valence electrons. The van der Waals surface area contributed by atoms with Crippen molar-refractivity contribution in [3.05, 3.63) is 64.7 Å². The molecule has 0 bridgehead atoms. The van der Waals surface area contributed by atoms with Gasteiger partial charge in [0, 0.05) is 12.5 Å². The third kappa shape index (κ3) is 5.35. The Balaban J connectivity index is 1.26. The third-order valence-electron chi connectivity index (χ3n) is 5.11. The third-order valence-corrected chi connectivity index (χ3v) is 6.38. The Bertz CT molecular complexity index is 1180. The summed E-state index contributed by atoms with van der Waals surface area (Å²) in [5.41, 5.74) is 1.76. The fraction of sp³-hybridized carbons (Fsp3) is 0.261. The van der Waals surface area contributed by atoms with Crippen LogP contribution in [0.1, 0.15) is 33.8 Å². The van der Waals surface area contributed by atoms with Crippen LogP contribution in [0, 0.1) is 0 Å². The maximum absolute atomic E-state index is 12.4. The molecule has 1 unspecified atom stereocenters. The van der Waals surface area contributed by atoms with Gasteiger partial charge in [-0.3, -0.25) is 14.5 Å². The number of aromatic nitrogens is 1. The van der Waals surface area contributed by atoms with Gasteiger partial charge >= 0.3 is 12.0 Å². The molecule has 1 fully saturated rings. The van der Waals surface area contributed by atoms with Crippen molar-refractivity contribution in [2.75, 3.05) is 19.7 Å². The lowest BCUT2D eigenvalue weighted by Crippen LogP contribution is -2.31. The zero-order chi connectivity index (χ0) is 23.4. The number of para-hydroxylation sites is 1. The summed E-state index contributed by atoms with van der Waals surface area (Å²) in [5, 5.41) is 6.13. The Hall–Kier alpha value is -3.79. The summed E-state index contributed by atoms with van der Waals surface area (Å²) in [4.78, 5) is 53.6. The maximum atomic E-state index is 12.4. The van der Waals surface area contributed by atoms with E-state index in [4.69, 9.17) is 4.74 Å². The molecule has 2 heterocycles. The molecule has 0 aliphatic carbocycles. The van der Waals surface area contributed by atoms with Gasteiger partial charge in [-0.15, -0.1) is 11.3 Å². The van der Waals surface area contributed by atoms with Crippen molar-refractivity contribution in [2.24, 2.45) is 0 Å². The zero-order valence-electron chi connectivity index (χ0n) is 17.9. The van der Waals surface area contributed by atoms with Crippen LogP contribution in [0.15, 0.2) is 48.5 Å². The molecule has 3 aromatic rings. The van der Waals surface area contributed by atoms with Crippen LogP contribution in [0.4, 0.5) is 4.79 Å². The monoisotopic (exact) mass is 466 g/mol. The van der Waals surface area contributed by atoms with E-state index in [0.717, 1.165) is 20.1 Å². The molecular weight excluding hydrogens is 444 g/mol. The van der Waals surface area contributed by atoms with Gasteiger partial charge in [-0.25, -0.2) is 14.6 Å². The highest BCUT2D eigenvalue weighted by Crippen LogP contribution is 2.26. The lowest BCUT2D eigenvalue weighted by molar-refractivity contribution is -0.125. The van der Waals surface area contributed by atoms with Crippen molar-refractivity contribution < 1.29 is 23.9 Å². The number of nitrogens with zero attached hydrogens (tertiary/aromatic N) is 2. The molecule has 9 nitrogen and oxygen atoms in total. The molecule has 0 saturated carbocycles. The van der Waals surface area contributed by atoms with Gasteiger partial charge in [0.25, 0.3) is 5.91 Å². The van der Waals surface area contributed by atoms with Crippen LogP contribution in [-0.4, -0.2) is 53.4 Å². The second kappa shape index (κ2) is 9.78. The van der Waals surface area contributed by atoms with Gasteiger partial charge in [0.05, 0.1) is 33.9 Å². The standard InChI is InChI=1S/C23H22N4O5S/c1-14(21-26-17-7-2-3-8-18(17)33-21)10-24-19(28)13-32-22(30)16-6-4-5-15(9-16)12-27-20(29)11-25-23(27)31/h2-9,14H,10-13H2,1H3,(H,24,28)(H,25,31). The summed E-state index contributed by atoms with van der Waals surface area (Å²) in [5.74, 6) is -1.39. The molecular formula is C23H22N4O5S. The summed E-state index contributed by atoms with van der Waals surface area (Å²) < 4.78 is 6.21. The molecule has 1 aromatic heterocycles. The minimum absolute atomic E-state index is 0.0178. The van der Waals surface area contributed by atoms with Crippen molar-refractivity contribution in [3.8, 4) is 0 Å². The molecule has 1 aliphatic rings. The minimum atomic E-state index is -0.663. The second-order valence-corrected chi connectivity index (χ2v) is 8.70. The number of amides is 4. The van der Waals surface area contributed by atoms with Gasteiger partial charge < -0.3 is 15.4 Å². The van der Waals surface area contributed by atoms with Crippen LogP contribution >= 0.6 is 11.3 Å². The Labute approximate surface area is 193 Å². The average Bonchev–Trinajstić information content (AvgIpc) is 3.40. The SMILES string of the molecule is CC(CNC(=O)COC(=O)c1cccc(CN2C(=O)CNC2=O)c1)c1nc2ccccc2s1. The van der Waals surface area contributed by atoms with E-state index in [1.807, 2.05) is 31.2 Å². The number of benzene rings is 2. The van der Waals surface area contributed by atoms with Crippen LogP contribution in [0.5, 0.6) is 0 Å². The van der Waals surface area contributed by atoms with Crippen LogP contribution in [0.2, 0.25) is 0 Å². The molecule has 1 saturated heterocycles. The number of hydrogen-bond acceptors (Lipinski definition) is 7.